The third-order valence-corrected chi connectivity index (χ3v) is 4.48. The molecule has 6 heteroatoms. The van der Waals surface area contributed by atoms with Gasteiger partial charge >= 0.3 is 0 Å². The standard InChI is InChI=1S/C21H25N3O.2ClH/c1-23(2)13-12-17-15-24(20-11-7-6-10-18(17)20)21(25)19(22)14-16-8-4-3-5-9-16;;/h3-11,15,19H,12-14,22H2,1-2H3;2*1H/t19-;;/m0../s1. The molecule has 1 aromatic heterocycles. The van der Waals surface area contributed by atoms with Crippen molar-refractivity contribution in [2.75, 3.05) is 20.6 Å². The molecule has 0 amide bonds. The smallest absolute Gasteiger partial charge is 0.248 e. The number of hydrogen-bond acceptors (Lipinski definition) is 3. The SMILES string of the molecule is CN(C)CCc1cn(C(=O)[C@@H](N)Cc2ccccc2)c2ccccc12.Cl.Cl. The summed E-state index contributed by atoms with van der Waals surface area (Å²) in [5, 5.41) is 1.13. The first kappa shape index (κ1) is 23.2. The topological polar surface area (TPSA) is 51.3 Å². The summed E-state index contributed by atoms with van der Waals surface area (Å²) in [6.07, 6.45) is 3.41. The van der Waals surface area contributed by atoms with Gasteiger partial charge in [-0.3, -0.25) is 9.36 Å². The molecule has 0 saturated heterocycles. The van der Waals surface area contributed by atoms with Crippen LogP contribution in [0.1, 0.15) is 15.9 Å². The Bertz CT molecular complexity index is 862. The van der Waals surface area contributed by atoms with Crippen LogP contribution in [-0.4, -0.2) is 42.1 Å². The number of aromatic nitrogens is 1. The van der Waals surface area contributed by atoms with Gasteiger partial charge in [-0.25, -0.2) is 0 Å². The van der Waals surface area contributed by atoms with E-state index in [1.54, 1.807) is 4.57 Å². The third kappa shape index (κ3) is 5.56. The second-order valence-electron chi connectivity index (χ2n) is 6.73. The lowest BCUT2D eigenvalue weighted by atomic mass is 10.1. The van der Waals surface area contributed by atoms with Crippen molar-refractivity contribution in [1.82, 2.24) is 9.47 Å². The highest BCUT2D eigenvalue weighted by molar-refractivity contribution is 5.96. The first-order valence-corrected chi connectivity index (χ1v) is 8.63. The van der Waals surface area contributed by atoms with E-state index in [9.17, 15) is 4.79 Å². The van der Waals surface area contributed by atoms with E-state index in [1.165, 1.54) is 5.56 Å². The van der Waals surface area contributed by atoms with E-state index in [4.69, 9.17) is 5.73 Å². The van der Waals surface area contributed by atoms with E-state index in [0.717, 1.165) is 29.4 Å². The predicted octanol–water partition coefficient (Wildman–Crippen LogP) is 3.80. The lowest BCUT2D eigenvalue weighted by Gasteiger charge is -2.12. The fourth-order valence-electron chi connectivity index (χ4n) is 3.11. The average molecular weight is 408 g/mol. The number of benzene rings is 2. The zero-order valence-electron chi connectivity index (χ0n) is 15.7. The van der Waals surface area contributed by atoms with Crippen LogP contribution in [-0.2, 0) is 12.8 Å². The molecule has 2 N–H and O–H groups in total. The summed E-state index contributed by atoms with van der Waals surface area (Å²) in [4.78, 5) is 15.1. The molecule has 1 atom stereocenters. The van der Waals surface area contributed by atoms with Crippen molar-refractivity contribution in [2.45, 2.75) is 18.9 Å². The second kappa shape index (κ2) is 10.5. The summed E-state index contributed by atoms with van der Waals surface area (Å²) in [5.41, 5.74) is 9.42. The maximum atomic E-state index is 12.9. The Labute approximate surface area is 173 Å². The summed E-state index contributed by atoms with van der Waals surface area (Å²) < 4.78 is 1.73. The molecule has 0 radical (unpaired) electrons. The lowest BCUT2D eigenvalue weighted by molar-refractivity contribution is 0.0884. The van der Waals surface area contributed by atoms with Gasteiger partial charge in [-0.1, -0.05) is 48.5 Å². The number of nitrogens with two attached hydrogens (primary N) is 1. The van der Waals surface area contributed by atoms with E-state index in [-0.39, 0.29) is 30.7 Å². The van der Waals surface area contributed by atoms with Gasteiger partial charge in [0.05, 0.1) is 11.6 Å². The average Bonchev–Trinajstić information content (AvgIpc) is 2.99. The highest BCUT2D eigenvalue weighted by Gasteiger charge is 2.19. The minimum atomic E-state index is -0.556. The highest BCUT2D eigenvalue weighted by Crippen LogP contribution is 2.22. The molecular weight excluding hydrogens is 381 g/mol. The number of nitrogens with zero attached hydrogens (tertiary/aromatic N) is 2. The van der Waals surface area contributed by atoms with E-state index < -0.39 is 6.04 Å². The number of carbonyl (C=O) groups excluding carboxylic acids is 1. The molecule has 0 unspecified atom stereocenters. The van der Waals surface area contributed by atoms with Crippen LogP contribution in [0.2, 0.25) is 0 Å². The van der Waals surface area contributed by atoms with Gasteiger partial charge in [0.15, 0.2) is 0 Å². The minimum absolute atomic E-state index is 0. The zero-order valence-corrected chi connectivity index (χ0v) is 17.3. The molecule has 0 spiro atoms. The first-order chi connectivity index (χ1) is 12.1. The number of fused-ring (bicyclic) bond motifs is 1. The van der Waals surface area contributed by atoms with E-state index in [0.29, 0.717) is 6.42 Å². The molecular formula is C21H27Cl2N3O. The summed E-state index contributed by atoms with van der Waals surface area (Å²) >= 11 is 0. The van der Waals surface area contributed by atoms with Crippen molar-refractivity contribution < 1.29 is 4.79 Å². The monoisotopic (exact) mass is 407 g/mol. The molecule has 3 aromatic rings. The Hall–Kier alpha value is -1.85. The van der Waals surface area contributed by atoms with Crippen molar-refractivity contribution in [3.63, 3.8) is 0 Å². The first-order valence-electron chi connectivity index (χ1n) is 8.63. The normalized spacial score (nSPS) is 11.7. The van der Waals surface area contributed by atoms with Gasteiger partial charge in [0.2, 0.25) is 5.91 Å². The zero-order chi connectivity index (χ0) is 17.8. The fraction of sp³-hybridized carbons (Fsp3) is 0.286. The van der Waals surface area contributed by atoms with Crippen molar-refractivity contribution in [1.29, 1.82) is 0 Å². The number of rotatable bonds is 6. The molecule has 0 fully saturated rings. The number of para-hydroxylation sites is 1. The van der Waals surface area contributed by atoms with E-state index in [1.807, 2.05) is 54.7 Å². The minimum Gasteiger partial charge on any atom is -0.320 e. The van der Waals surface area contributed by atoms with Crippen molar-refractivity contribution in [3.8, 4) is 0 Å². The molecule has 0 saturated carbocycles. The molecule has 0 aliphatic heterocycles. The molecule has 0 aliphatic rings. The molecule has 3 rings (SSSR count). The maximum Gasteiger partial charge on any atom is 0.248 e. The highest BCUT2D eigenvalue weighted by atomic mass is 35.5. The summed E-state index contributed by atoms with van der Waals surface area (Å²) in [6.45, 7) is 0.943. The number of halogens is 2. The summed E-state index contributed by atoms with van der Waals surface area (Å²) in [7, 11) is 4.11. The molecule has 1 heterocycles. The van der Waals surface area contributed by atoms with Crippen LogP contribution in [0.15, 0.2) is 60.8 Å². The second-order valence-corrected chi connectivity index (χ2v) is 6.73. The number of carbonyl (C=O) groups is 1. The van der Waals surface area contributed by atoms with Crippen LogP contribution < -0.4 is 5.73 Å². The Morgan fingerprint density at radius 3 is 2.33 bits per heavy atom. The van der Waals surface area contributed by atoms with Crippen LogP contribution in [0, 0.1) is 0 Å². The molecule has 2 aromatic carbocycles. The van der Waals surface area contributed by atoms with Crippen LogP contribution >= 0.6 is 24.8 Å². The van der Waals surface area contributed by atoms with Gasteiger partial charge in [0.25, 0.3) is 0 Å². The largest absolute Gasteiger partial charge is 0.320 e. The van der Waals surface area contributed by atoms with Crippen LogP contribution in [0.25, 0.3) is 10.9 Å². The Morgan fingerprint density at radius 2 is 1.67 bits per heavy atom. The maximum absolute atomic E-state index is 12.9. The van der Waals surface area contributed by atoms with Gasteiger partial charge < -0.3 is 10.6 Å². The molecule has 27 heavy (non-hydrogen) atoms. The van der Waals surface area contributed by atoms with E-state index in [2.05, 4.69) is 25.1 Å². The van der Waals surface area contributed by atoms with Crippen LogP contribution in [0.3, 0.4) is 0 Å². The van der Waals surface area contributed by atoms with Crippen molar-refractivity contribution in [2.24, 2.45) is 5.73 Å². The molecule has 4 nitrogen and oxygen atoms in total. The van der Waals surface area contributed by atoms with Gasteiger partial charge in [0, 0.05) is 18.1 Å². The third-order valence-electron chi connectivity index (χ3n) is 4.48. The van der Waals surface area contributed by atoms with Gasteiger partial charge in [-0.2, -0.15) is 0 Å². The van der Waals surface area contributed by atoms with Crippen molar-refractivity contribution >= 4 is 41.6 Å². The van der Waals surface area contributed by atoms with Gasteiger partial charge in [-0.05, 0) is 44.1 Å². The fourth-order valence-corrected chi connectivity index (χ4v) is 3.11. The van der Waals surface area contributed by atoms with Gasteiger partial charge in [0.1, 0.15) is 0 Å². The molecule has 0 bridgehead atoms. The van der Waals surface area contributed by atoms with Gasteiger partial charge in [-0.15, -0.1) is 24.8 Å². The lowest BCUT2D eigenvalue weighted by Crippen LogP contribution is -2.36. The quantitative estimate of drug-likeness (QED) is 0.675. The van der Waals surface area contributed by atoms with Crippen LogP contribution in [0.4, 0.5) is 0 Å². The Balaban J connectivity index is 0.00000182. The number of likely N-dealkylation sites (N-methyl/N-ethyl adjacent to an activating group) is 1. The van der Waals surface area contributed by atoms with Crippen LogP contribution in [0.5, 0.6) is 0 Å². The predicted molar refractivity (Wildman–Crippen MR) is 117 cm³/mol. The van der Waals surface area contributed by atoms with Crippen molar-refractivity contribution in [3.05, 3.63) is 71.9 Å². The molecule has 146 valence electrons. The Kier molecular flexibility index (Phi) is 9.00. The number of hydrogen-bond donors (Lipinski definition) is 1. The summed E-state index contributed by atoms with van der Waals surface area (Å²) in [5.74, 6) is -0.0591. The van der Waals surface area contributed by atoms with E-state index >= 15 is 0 Å². The molecule has 0 aliphatic carbocycles. The Morgan fingerprint density at radius 1 is 1.04 bits per heavy atom. The summed E-state index contributed by atoms with van der Waals surface area (Å²) in [6, 6.07) is 17.4.